The number of carbonyl (C=O) groups excluding carboxylic acids is 2. The van der Waals surface area contributed by atoms with Crippen LogP contribution in [0.2, 0.25) is 0 Å². The molecule has 0 saturated carbocycles. The van der Waals surface area contributed by atoms with Crippen LogP contribution in [0.5, 0.6) is 0 Å². The van der Waals surface area contributed by atoms with E-state index in [9.17, 15) is 9.59 Å². The number of benzene rings is 3. The van der Waals surface area contributed by atoms with Crippen molar-refractivity contribution in [2.24, 2.45) is 0 Å². The van der Waals surface area contributed by atoms with Gasteiger partial charge >= 0.3 is 0 Å². The highest BCUT2D eigenvalue weighted by atomic mass is 16.1. The van der Waals surface area contributed by atoms with Gasteiger partial charge in [0.15, 0.2) is 34.9 Å². The smallest absolute Gasteiger partial charge is 0.181 e. The molecule has 8 nitrogen and oxygen atoms in total. The molecular weight excluding hydrogens is 428 g/mol. The van der Waals surface area contributed by atoms with Crippen LogP contribution in [0.25, 0.3) is 45.6 Å². The Morgan fingerprint density at radius 1 is 0.588 bits per heavy atom. The van der Waals surface area contributed by atoms with Crippen molar-refractivity contribution in [3.05, 3.63) is 83.9 Å². The first kappa shape index (κ1) is 21.1. The van der Waals surface area contributed by atoms with Crippen molar-refractivity contribution < 1.29 is 9.59 Å². The van der Waals surface area contributed by atoms with Gasteiger partial charge in [0.1, 0.15) is 0 Å². The van der Waals surface area contributed by atoms with Crippen LogP contribution in [0.1, 0.15) is 34.6 Å². The zero-order chi connectivity index (χ0) is 23.7. The van der Waals surface area contributed by atoms with E-state index in [-0.39, 0.29) is 11.6 Å². The van der Waals surface area contributed by atoms with Crippen LogP contribution in [-0.4, -0.2) is 41.9 Å². The topological polar surface area (TPSA) is 117 Å². The summed E-state index contributed by atoms with van der Waals surface area (Å²) >= 11 is 0. The molecule has 0 bridgehead atoms. The molecule has 8 heteroatoms. The normalized spacial score (nSPS) is 10.9. The minimum Gasteiger partial charge on any atom is -0.295 e. The maximum atomic E-state index is 11.5. The molecule has 5 aromatic rings. The summed E-state index contributed by atoms with van der Waals surface area (Å²) < 4.78 is 0. The SMILES string of the molecule is CC(=O)c1ccc(-c2nc(-c3cccc(-c4n[nH]c(-c5ccc(C(C)=O)cc5)n4)c3)n[nH]2)cc1. The van der Waals surface area contributed by atoms with Crippen molar-refractivity contribution >= 4 is 11.6 Å². The minimum absolute atomic E-state index is 0.0184. The Balaban J connectivity index is 1.39. The second-order valence-corrected chi connectivity index (χ2v) is 7.86. The summed E-state index contributed by atoms with van der Waals surface area (Å²) in [6, 6.07) is 22.1. The van der Waals surface area contributed by atoms with Gasteiger partial charge in [0.05, 0.1) is 0 Å². The number of nitrogens with zero attached hydrogens (tertiary/aromatic N) is 4. The average molecular weight is 448 g/mol. The zero-order valence-corrected chi connectivity index (χ0v) is 18.5. The fourth-order valence-electron chi connectivity index (χ4n) is 3.56. The maximum absolute atomic E-state index is 11.5. The first-order valence-electron chi connectivity index (χ1n) is 10.7. The molecule has 0 unspecified atom stereocenters. The van der Waals surface area contributed by atoms with Gasteiger partial charge in [0.25, 0.3) is 0 Å². The van der Waals surface area contributed by atoms with Gasteiger partial charge in [0.2, 0.25) is 0 Å². The van der Waals surface area contributed by atoms with Crippen LogP contribution in [0, 0.1) is 0 Å². The number of nitrogens with one attached hydrogen (secondary N) is 2. The molecule has 0 aliphatic carbocycles. The van der Waals surface area contributed by atoms with Crippen LogP contribution in [0.4, 0.5) is 0 Å². The largest absolute Gasteiger partial charge is 0.295 e. The van der Waals surface area contributed by atoms with Gasteiger partial charge in [-0.05, 0) is 19.9 Å². The standard InChI is InChI=1S/C26H20N6O2/c1-15(33)17-6-10-19(11-7-17)23-27-25(31-29-23)21-4-3-5-22(14-21)26-28-24(30-32-26)20-12-8-18(9-13-20)16(2)34/h3-14H,1-2H3,(H,27,29,31)(H,28,30,32). The van der Waals surface area contributed by atoms with Crippen molar-refractivity contribution in [1.82, 2.24) is 30.4 Å². The molecule has 2 aromatic heterocycles. The van der Waals surface area contributed by atoms with Gasteiger partial charge in [-0.1, -0.05) is 66.7 Å². The summed E-state index contributed by atoms with van der Waals surface area (Å²) in [6.07, 6.45) is 0. The second-order valence-electron chi connectivity index (χ2n) is 7.86. The van der Waals surface area contributed by atoms with Crippen molar-refractivity contribution in [1.29, 1.82) is 0 Å². The lowest BCUT2D eigenvalue weighted by Gasteiger charge is -2.00. The van der Waals surface area contributed by atoms with E-state index < -0.39 is 0 Å². The molecular formula is C26H20N6O2. The quantitative estimate of drug-likeness (QED) is 0.353. The number of hydrogen-bond donors (Lipinski definition) is 2. The fraction of sp³-hybridized carbons (Fsp3) is 0.0769. The van der Waals surface area contributed by atoms with Crippen molar-refractivity contribution in [3.8, 4) is 45.6 Å². The van der Waals surface area contributed by atoms with Crippen molar-refractivity contribution in [3.63, 3.8) is 0 Å². The zero-order valence-electron chi connectivity index (χ0n) is 18.5. The number of hydrogen-bond acceptors (Lipinski definition) is 6. The highest BCUT2D eigenvalue weighted by Gasteiger charge is 2.12. The monoisotopic (exact) mass is 448 g/mol. The third-order valence-corrected chi connectivity index (χ3v) is 5.48. The molecule has 3 aromatic carbocycles. The lowest BCUT2D eigenvalue weighted by atomic mass is 10.1. The Morgan fingerprint density at radius 2 is 1.00 bits per heavy atom. The van der Waals surface area contributed by atoms with Gasteiger partial charge in [0, 0.05) is 33.4 Å². The van der Waals surface area contributed by atoms with Crippen LogP contribution in [0.15, 0.2) is 72.8 Å². The molecule has 0 atom stereocenters. The first-order chi connectivity index (χ1) is 16.5. The van der Waals surface area contributed by atoms with Gasteiger partial charge < -0.3 is 0 Å². The van der Waals surface area contributed by atoms with E-state index in [1.54, 1.807) is 24.3 Å². The molecule has 2 heterocycles. The van der Waals surface area contributed by atoms with E-state index in [2.05, 4.69) is 30.4 Å². The molecule has 0 saturated heterocycles. The van der Waals surface area contributed by atoms with Gasteiger partial charge in [-0.15, -0.1) is 0 Å². The van der Waals surface area contributed by atoms with E-state index in [1.807, 2.05) is 48.5 Å². The second kappa shape index (κ2) is 8.67. The predicted octanol–water partition coefficient (Wildman–Crippen LogP) is 5.00. The molecule has 0 aliphatic rings. The van der Waals surface area contributed by atoms with Gasteiger partial charge in [-0.2, -0.15) is 10.2 Å². The van der Waals surface area contributed by atoms with E-state index in [4.69, 9.17) is 0 Å². The fourth-order valence-corrected chi connectivity index (χ4v) is 3.56. The highest BCUT2D eigenvalue weighted by molar-refractivity contribution is 5.95. The van der Waals surface area contributed by atoms with Gasteiger partial charge in [-0.25, -0.2) is 9.97 Å². The Bertz CT molecular complexity index is 1390. The van der Waals surface area contributed by atoms with Crippen LogP contribution >= 0.6 is 0 Å². The summed E-state index contributed by atoms with van der Waals surface area (Å²) in [7, 11) is 0. The number of ketones is 2. The Kier molecular flexibility index (Phi) is 5.39. The first-order valence-corrected chi connectivity index (χ1v) is 10.7. The Labute approximate surface area is 195 Å². The van der Waals surface area contributed by atoms with Crippen molar-refractivity contribution in [2.45, 2.75) is 13.8 Å². The average Bonchev–Trinajstić information content (AvgIpc) is 3.55. The third-order valence-electron chi connectivity index (χ3n) is 5.48. The van der Waals surface area contributed by atoms with Crippen LogP contribution in [0.3, 0.4) is 0 Å². The summed E-state index contributed by atoms with van der Waals surface area (Å²) in [4.78, 5) is 32.2. The molecule has 0 spiro atoms. The number of aromatic amines is 2. The van der Waals surface area contributed by atoms with Gasteiger partial charge in [-0.3, -0.25) is 19.8 Å². The summed E-state index contributed by atoms with van der Waals surface area (Å²) in [5.74, 6) is 2.36. The predicted molar refractivity (Wildman–Crippen MR) is 128 cm³/mol. The van der Waals surface area contributed by atoms with E-state index >= 15 is 0 Å². The summed E-state index contributed by atoms with van der Waals surface area (Å²) in [5, 5.41) is 14.6. The lowest BCUT2D eigenvalue weighted by molar-refractivity contribution is 0.100. The number of H-pyrrole nitrogens is 2. The Morgan fingerprint density at radius 3 is 1.38 bits per heavy atom. The molecule has 0 aliphatic heterocycles. The molecule has 2 N–H and O–H groups in total. The number of rotatable bonds is 6. The molecule has 5 rings (SSSR count). The Hall–Kier alpha value is -4.72. The number of Topliss-reactive ketones (excluding diaryl/α,β-unsaturated/α-hetero) is 2. The molecule has 166 valence electrons. The van der Waals surface area contributed by atoms with E-state index in [1.165, 1.54) is 13.8 Å². The maximum Gasteiger partial charge on any atom is 0.181 e. The highest BCUT2D eigenvalue weighted by Crippen LogP contribution is 2.26. The summed E-state index contributed by atoms with van der Waals surface area (Å²) in [5.41, 5.74) is 4.62. The summed E-state index contributed by atoms with van der Waals surface area (Å²) in [6.45, 7) is 3.08. The van der Waals surface area contributed by atoms with Crippen molar-refractivity contribution in [2.75, 3.05) is 0 Å². The third kappa shape index (κ3) is 4.16. The van der Waals surface area contributed by atoms with E-state index in [0.29, 0.717) is 34.4 Å². The number of aromatic nitrogens is 6. The minimum atomic E-state index is 0.0184. The molecule has 0 amide bonds. The molecule has 0 radical (unpaired) electrons. The number of carbonyl (C=O) groups is 2. The van der Waals surface area contributed by atoms with Crippen LogP contribution < -0.4 is 0 Å². The van der Waals surface area contributed by atoms with Crippen LogP contribution in [-0.2, 0) is 0 Å². The molecule has 34 heavy (non-hydrogen) atoms. The lowest BCUT2D eigenvalue weighted by Crippen LogP contribution is -1.91. The molecule has 0 fully saturated rings. The van der Waals surface area contributed by atoms with E-state index in [0.717, 1.165) is 22.3 Å².